The van der Waals surface area contributed by atoms with E-state index in [9.17, 15) is 8.78 Å². The lowest BCUT2D eigenvalue weighted by atomic mass is 10.0. The molecule has 2 aliphatic heterocycles. The van der Waals surface area contributed by atoms with Gasteiger partial charge in [-0.25, -0.2) is 23.7 Å². The molecule has 1 saturated carbocycles. The lowest BCUT2D eigenvalue weighted by Crippen LogP contribution is -2.52. The number of allylic oxidation sites excluding steroid dienone is 4. The van der Waals surface area contributed by atoms with Gasteiger partial charge in [0.1, 0.15) is 22.6 Å². The lowest BCUT2D eigenvalue weighted by Gasteiger charge is -2.43. The maximum atomic E-state index is 13.9. The van der Waals surface area contributed by atoms with Crippen molar-refractivity contribution in [2.75, 3.05) is 64.5 Å². The SMILES string of the molecule is C=C(/C=C\C(=C(/C)OC)N1CCC(N2CCN(C)CC2)CC1)c1cnc(N)c2nc(CC)c(NC3CCC(F)(F)C3)nc12. The highest BCUT2D eigenvalue weighted by Gasteiger charge is 2.39. The number of pyridine rings is 1. The van der Waals surface area contributed by atoms with Gasteiger partial charge < -0.3 is 25.6 Å². The second-order valence-electron chi connectivity index (χ2n) is 12.1. The van der Waals surface area contributed by atoms with Gasteiger partial charge in [-0.05, 0) is 51.3 Å². The van der Waals surface area contributed by atoms with Crippen molar-refractivity contribution in [2.45, 2.75) is 70.4 Å². The minimum Gasteiger partial charge on any atom is -0.499 e. The predicted molar refractivity (Wildman–Crippen MR) is 169 cm³/mol. The highest BCUT2D eigenvalue weighted by Crippen LogP contribution is 2.37. The van der Waals surface area contributed by atoms with Gasteiger partial charge in [0.15, 0.2) is 5.82 Å². The van der Waals surface area contributed by atoms with E-state index >= 15 is 0 Å². The molecule has 5 rings (SSSR count). The quantitative estimate of drug-likeness (QED) is 0.309. The molecule has 11 heteroatoms. The van der Waals surface area contributed by atoms with Gasteiger partial charge in [0.2, 0.25) is 5.92 Å². The summed E-state index contributed by atoms with van der Waals surface area (Å²) < 4.78 is 33.5. The maximum Gasteiger partial charge on any atom is 0.250 e. The number of methoxy groups -OCH3 is 1. The van der Waals surface area contributed by atoms with Crippen molar-refractivity contribution >= 4 is 28.2 Å². The summed E-state index contributed by atoms with van der Waals surface area (Å²) in [5, 5.41) is 3.24. The van der Waals surface area contributed by atoms with Crippen LogP contribution in [0.4, 0.5) is 20.4 Å². The van der Waals surface area contributed by atoms with Crippen LogP contribution in [0.5, 0.6) is 0 Å². The Labute approximate surface area is 253 Å². The summed E-state index contributed by atoms with van der Waals surface area (Å²) in [7, 11) is 3.89. The number of aryl methyl sites for hydroxylation is 1. The van der Waals surface area contributed by atoms with E-state index in [0.29, 0.717) is 52.6 Å². The molecule has 4 heterocycles. The first kappa shape index (κ1) is 31.1. The molecular formula is C32H46F2N8O. The number of ether oxygens (including phenoxy) is 1. The molecule has 234 valence electrons. The minimum atomic E-state index is -2.65. The molecule has 0 spiro atoms. The van der Waals surface area contributed by atoms with Gasteiger partial charge in [0.05, 0.1) is 18.5 Å². The van der Waals surface area contributed by atoms with Crippen molar-refractivity contribution in [2.24, 2.45) is 0 Å². The minimum absolute atomic E-state index is 0.124. The van der Waals surface area contributed by atoms with Crippen LogP contribution >= 0.6 is 0 Å². The zero-order valence-electron chi connectivity index (χ0n) is 26.0. The van der Waals surface area contributed by atoms with Crippen LogP contribution < -0.4 is 11.1 Å². The average molecular weight is 597 g/mol. The number of piperazine rings is 1. The van der Waals surface area contributed by atoms with Gasteiger partial charge >= 0.3 is 0 Å². The fourth-order valence-corrected chi connectivity index (χ4v) is 6.43. The number of rotatable bonds is 9. The fourth-order valence-electron chi connectivity index (χ4n) is 6.43. The molecular weight excluding hydrogens is 550 g/mol. The number of piperidine rings is 1. The van der Waals surface area contributed by atoms with Crippen LogP contribution in [0.1, 0.15) is 57.2 Å². The number of nitrogens with zero attached hydrogens (tertiary/aromatic N) is 6. The van der Waals surface area contributed by atoms with E-state index in [4.69, 9.17) is 20.4 Å². The van der Waals surface area contributed by atoms with E-state index in [0.717, 1.165) is 63.6 Å². The number of likely N-dealkylation sites (tertiary alicyclic amines) is 1. The molecule has 3 fully saturated rings. The largest absolute Gasteiger partial charge is 0.499 e. The topological polar surface area (TPSA) is 95.7 Å². The summed E-state index contributed by atoms with van der Waals surface area (Å²) >= 11 is 0. The van der Waals surface area contributed by atoms with Crippen molar-refractivity contribution < 1.29 is 13.5 Å². The van der Waals surface area contributed by atoms with Crippen LogP contribution in [0.2, 0.25) is 0 Å². The van der Waals surface area contributed by atoms with Crippen molar-refractivity contribution in [1.82, 2.24) is 29.7 Å². The highest BCUT2D eigenvalue weighted by molar-refractivity contribution is 5.96. The Balaban J connectivity index is 1.36. The van der Waals surface area contributed by atoms with Gasteiger partial charge in [-0.1, -0.05) is 19.6 Å². The Hall–Kier alpha value is -3.31. The van der Waals surface area contributed by atoms with Gasteiger partial charge in [0.25, 0.3) is 0 Å². The Morgan fingerprint density at radius 2 is 1.84 bits per heavy atom. The van der Waals surface area contributed by atoms with Crippen LogP contribution in [-0.4, -0.2) is 101 Å². The molecule has 0 aromatic carbocycles. The van der Waals surface area contributed by atoms with E-state index in [-0.39, 0.29) is 24.7 Å². The Kier molecular flexibility index (Phi) is 9.51. The molecule has 1 unspecified atom stereocenters. The van der Waals surface area contributed by atoms with Crippen LogP contribution in [0.25, 0.3) is 16.6 Å². The lowest BCUT2D eigenvalue weighted by molar-refractivity contribution is 0.00851. The number of nitrogens with two attached hydrogens (primary N) is 1. The monoisotopic (exact) mass is 596 g/mol. The van der Waals surface area contributed by atoms with Crippen LogP contribution in [-0.2, 0) is 11.2 Å². The third-order valence-corrected chi connectivity index (χ3v) is 9.19. The number of anilines is 2. The van der Waals surface area contributed by atoms with E-state index in [1.807, 2.05) is 26.0 Å². The smallest absolute Gasteiger partial charge is 0.250 e. The highest BCUT2D eigenvalue weighted by atomic mass is 19.3. The number of alkyl halides is 2. The molecule has 1 aliphatic carbocycles. The number of halogens is 2. The summed E-state index contributed by atoms with van der Waals surface area (Å²) in [4.78, 5) is 21.5. The van der Waals surface area contributed by atoms with E-state index < -0.39 is 5.92 Å². The molecule has 3 N–H and O–H groups in total. The maximum absolute atomic E-state index is 13.9. The zero-order chi connectivity index (χ0) is 30.7. The first-order valence-electron chi connectivity index (χ1n) is 15.5. The van der Waals surface area contributed by atoms with Crippen LogP contribution in [0, 0.1) is 0 Å². The summed E-state index contributed by atoms with van der Waals surface area (Å²) in [5.74, 6) is -1.02. The molecule has 3 aliphatic rings. The van der Waals surface area contributed by atoms with Crippen molar-refractivity contribution in [3.63, 3.8) is 0 Å². The molecule has 2 aromatic heterocycles. The zero-order valence-corrected chi connectivity index (χ0v) is 26.0. The van der Waals surface area contributed by atoms with Crippen molar-refractivity contribution in [1.29, 1.82) is 0 Å². The van der Waals surface area contributed by atoms with Gasteiger partial charge in [0, 0.05) is 76.0 Å². The van der Waals surface area contributed by atoms with Gasteiger partial charge in [-0.15, -0.1) is 0 Å². The third-order valence-electron chi connectivity index (χ3n) is 9.19. The molecule has 0 bridgehead atoms. The Morgan fingerprint density at radius 1 is 1.12 bits per heavy atom. The van der Waals surface area contributed by atoms with E-state index in [1.165, 1.54) is 0 Å². The molecule has 0 amide bonds. The van der Waals surface area contributed by atoms with E-state index in [1.54, 1.807) is 13.3 Å². The Bertz CT molecular complexity index is 1380. The van der Waals surface area contributed by atoms with Crippen LogP contribution in [0.15, 0.2) is 36.4 Å². The second-order valence-corrected chi connectivity index (χ2v) is 12.1. The molecule has 0 radical (unpaired) electrons. The predicted octanol–water partition coefficient (Wildman–Crippen LogP) is 4.93. The average Bonchev–Trinajstić information content (AvgIpc) is 3.35. The molecule has 2 saturated heterocycles. The van der Waals surface area contributed by atoms with Gasteiger partial charge in [-0.3, -0.25) is 4.90 Å². The number of fused-ring (bicyclic) bond motifs is 1. The third kappa shape index (κ3) is 7.09. The summed E-state index contributed by atoms with van der Waals surface area (Å²) in [5.41, 5.74) is 10.4. The molecule has 2 aromatic rings. The summed E-state index contributed by atoms with van der Waals surface area (Å²) in [6.45, 7) is 14.7. The number of nitrogen functional groups attached to an aromatic ring is 1. The normalized spacial score (nSPS) is 22.7. The van der Waals surface area contributed by atoms with Gasteiger partial charge in [-0.2, -0.15) is 0 Å². The van der Waals surface area contributed by atoms with Crippen molar-refractivity contribution in [3.8, 4) is 0 Å². The molecule has 9 nitrogen and oxygen atoms in total. The number of hydrogen-bond donors (Lipinski definition) is 2. The number of hydrogen-bond acceptors (Lipinski definition) is 9. The van der Waals surface area contributed by atoms with Crippen molar-refractivity contribution in [3.05, 3.63) is 47.6 Å². The number of likely N-dealkylation sites (N-methyl/N-ethyl adjacent to an activating group) is 1. The summed E-state index contributed by atoms with van der Waals surface area (Å²) in [6, 6.07) is 0.257. The molecule has 43 heavy (non-hydrogen) atoms. The first-order chi connectivity index (χ1) is 20.6. The number of aromatic nitrogens is 3. The van der Waals surface area contributed by atoms with E-state index in [2.05, 4.69) is 38.6 Å². The summed E-state index contributed by atoms with van der Waals surface area (Å²) in [6.07, 6.45) is 8.52. The number of nitrogens with one attached hydrogen (secondary N) is 1. The fraction of sp³-hybridized carbons (Fsp3) is 0.594. The first-order valence-corrected chi connectivity index (χ1v) is 15.5. The van der Waals surface area contributed by atoms with Crippen LogP contribution in [0.3, 0.4) is 0 Å². The molecule has 1 atom stereocenters. The second kappa shape index (κ2) is 13.1. The Morgan fingerprint density at radius 3 is 2.47 bits per heavy atom. The standard InChI is InChI=1S/C32H46F2N8O/c1-6-26-31(37-23-9-12-32(33,34)19-23)39-28-25(20-36-30(35)29(28)38-26)21(2)7-8-27(22(3)43-5)42-13-10-24(11-14-42)41-17-15-40(4)16-18-41/h7-8,20,23-24H,2,6,9-19H2,1,3-5H3,(H2,35,36)(H,37,39)/b8-7-,27-22-.